The summed E-state index contributed by atoms with van der Waals surface area (Å²) in [7, 11) is 2.56. The van der Waals surface area contributed by atoms with E-state index in [-0.39, 0.29) is 58.8 Å². The van der Waals surface area contributed by atoms with Crippen molar-refractivity contribution in [3.05, 3.63) is 71.8 Å². The fraction of sp³-hybridized carbons (Fsp3) is 0.385. The van der Waals surface area contributed by atoms with Crippen LogP contribution in [0.2, 0.25) is 0 Å². The number of carboxylic acids is 2. The second-order valence-electron chi connectivity index (χ2n) is 7.22. The Morgan fingerprint density at radius 2 is 0.971 bits per heavy atom. The molecule has 9 heteroatoms. The number of carbonyl (C=O) groups is 4. The third-order valence-corrected chi connectivity index (χ3v) is 8.10. The molecule has 0 aromatic heterocycles. The van der Waals surface area contributed by atoms with Gasteiger partial charge >= 0.3 is 126 Å². The number of esters is 2. The van der Waals surface area contributed by atoms with Gasteiger partial charge in [0.1, 0.15) is 0 Å². The quantitative estimate of drug-likeness (QED) is 0.280. The Bertz CT molecular complexity index is 785. The number of methoxy groups -OCH3 is 2. The number of hydrogen-bond donors (Lipinski definition) is 2. The van der Waals surface area contributed by atoms with Crippen LogP contribution in [0.3, 0.4) is 0 Å². The van der Waals surface area contributed by atoms with Crippen molar-refractivity contribution in [3.8, 4) is 0 Å². The van der Waals surface area contributed by atoms with Crippen LogP contribution in [0.25, 0.3) is 0 Å². The molecule has 2 radical (unpaired) electrons. The molecular formula is C26H34O8Sn. The molecule has 2 N–H and O–H groups in total. The van der Waals surface area contributed by atoms with E-state index in [1.807, 2.05) is 0 Å². The van der Waals surface area contributed by atoms with Crippen LogP contribution in [0.1, 0.15) is 49.7 Å². The Hall–Kier alpha value is -2.88. The van der Waals surface area contributed by atoms with E-state index in [0.717, 1.165) is 0 Å². The van der Waals surface area contributed by atoms with Gasteiger partial charge in [-0.1, -0.05) is 0 Å². The average molecular weight is 593 g/mol. The molecule has 0 bridgehead atoms. The van der Waals surface area contributed by atoms with Crippen LogP contribution < -0.4 is 0 Å². The molecule has 0 aliphatic rings. The van der Waals surface area contributed by atoms with Crippen molar-refractivity contribution in [3.63, 3.8) is 0 Å². The van der Waals surface area contributed by atoms with Crippen LogP contribution >= 0.6 is 0 Å². The van der Waals surface area contributed by atoms with E-state index in [2.05, 4.69) is 70.1 Å². The fourth-order valence-corrected chi connectivity index (χ4v) is 5.86. The van der Waals surface area contributed by atoms with Gasteiger partial charge in [-0.3, -0.25) is 19.2 Å². The number of benzene rings is 2. The minimum absolute atomic E-state index is 0.0229. The number of rotatable bonds is 12. The molecule has 190 valence electrons. The van der Waals surface area contributed by atoms with Crippen LogP contribution in [0, 0.1) is 0 Å². The van der Waals surface area contributed by atoms with Crippen molar-refractivity contribution in [2.45, 2.75) is 47.4 Å². The van der Waals surface area contributed by atoms with Crippen LogP contribution in [0.4, 0.5) is 0 Å². The van der Waals surface area contributed by atoms with Gasteiger partial charge in [-0.2, -0.15) is 0 Å². The molecule has 2 rings (SSSR count). The molecule has 2 aromatic carbocycles. The van der Waals surface area contributed by atoms with Gasteiger partial charge in [-0.25, -0.2) is 0 Å². The molecule has 0 saturated carbocycles. The molecule has 0 aliphatic heterocycles. The first-order chi connectivity index (χ1) is 16.8. The topological polar surface area (TPSA) is 127 Å². The third-order valence-electron chi connectivity index (χ3n) is 4.34. The van der Waals surface area contributed by atoms with E-state index < -0.39 is 11.9 Å². The fourth-order valence-electron chi connectivity index (χ4n) is 2.51. The normalized spacial score (nSPS) is 9.43. The Balaban J connectivity index is 0.000000517. The molecular weight excluding hydrogens is 559 g/mol. The standard InChI is InChI=1S/2C7H7.2C6H10O4.Sn/c2*1-7-5-3-2-4-6-7;2*1-10-6(9)4-2-3-5(7)8;/h2*2-6H,1H2;2*2-4H2,1H3,(H,7,8);. The summed E-state index contributed by atoms with van der Waals surface area (Å²) in [6.45, 7) is 0. The van der Waals surface area contributed by atoms with Crippen molar-refractivity contribution in [1.29, 1.82) is 0 Å². The summed E-state index contributed by atoms with van der Waals surface area (Å²) in [5, 5.41) is 16.3. The Morgan fingerprint density at radius 1 is 0.629 bits per heavy atom. The van der Waals surface area contributed by atoms with E-state index in [0.29, 0.717) is 12.8 Å². The summed E-state index contributed by atoms with van der Waals surface area (Å²) in [6.07, 6.45) is 1.11. The van der Waals surface area contributed by atoms with Gasteiger partial charge in [-0.15, -0.1) is 0 Å². The monoisotopic (exact) mass is 594 g/mol. The zero-order valence-electron chi connectivity index (χ0n) is 20.3. The van der Waals surface area contributed by atoms with Crippen molar-refractivity contribution in [1.82, 2.24) is 0 Å². The first-order valence-electron chi connectivity index (χ1n) is 11.1. The zero-order valence-corrected chi connectivity index (χ0v) is 23.1. The molecule has 0 amide bonds. The van der Waals surface area contributed by atoms with E-state index >= 15 is 0 Å². The van der Waals surface area contributed by atoms with Crippen LogP contribution in [-0.4, -0.2) is 69.5 Å². The number of carbonyl (C=O) groups excluding carboxylic acids is 2. The Kier molecular flexibility index (Phi) is 19.9. The molecule has 35 heavy (non-hydrogen) atoms. The zero-order chi connectivity index (χ0) is 26.3. The molecule has 0 saturated heterocycles. The first kappa shape index (κ1) is 32.1. The maximum absolute atomic E-state index is 10.4. The number of aliphatic carboxylic acids is 2. The van der Waals surface area contributed by atoms with E-state index in [1.165, 1.54) is 34.2 Å². The minimum atomic E-state index is -0.885. The molecule has 2 aromatic rings. The van der Waals surface area contributed by atoms with E-state index in [1.54, 1.807) is 0 Å². The van der Waals surface area contributed by atoms with Crippen molar-refractivity contribution < 1.29 is 38.9 Å². The number of ether oxygens (including phenoxy) is 2. The van der Waals surface area contributed by atoms with Crippen LogP contribution in [0.5, 0.6) is 0 Å². The van der Waals surface area contributed by atoms with Gasteiger partial charge in [-0.05, 0) is 12.8 Å². The van der Waals surface area contributed by atoms with Gasteiger partial charge < -0.3 is 19.7 Å². The molecule has 0 heterocycles. The van der Waals surface area contributed by atoms with Gasteiger partial charge in [0.2, 0.25) is 0 Å². The Morgan fingerprint density at radius 3 is 1.26 bits per heavy atom. The van der Waals surface area contributed by atoms with Crippen molar-refractivity contribution in [2.75, 3.05) is 14.2 Å². The number of hydrogen-bond acceptors (Lipinski definition) is 6. The van der Waals surface area contributed by atoms with Gasteiger partial charge in [0, 0.05) is 25.7 Å². The van der Waals surface area contributed by atoms with Crippen molar-refractivity contribution in [2.24, 2.45) is 0 Å². The van der Waals surface area contributed by atoms with E-state index in [4.69, 9.17) is 10.2 Å². The van der Waals surface area contributed by atoms with Gasteiger partial charge in [0.05, 0.1) is 14.2 Å². The van der Waals surface area contributed by atoms with Crippen LogP contribution in [0.15, 0.2) is 60.7 Å². The molecule has 0 unspecified atom stereocenters. The molecule has 0 atom stereocenters. The second kappa shape index (κ2) is 21.6. The van der Waals surface area contributed by atoms with E-state index in [9.17, 15) is 19.2 Å². The summed E-state index contributed by atoms with van der Waals surface area (Å²) in [5.41, 5.74) is 3.03. The van der Waals surface area contributed by atoms with Crippen molar-refractivity contribution >= 4 is 45.0 Å². The predicted octanol–water partition coefficient (Wildman–Crippen LogP) is 3.92. The number of carboxylic acid groups (broad SMARTS) is 2. The van der Waals surface area contributed by atoms with Gasteiger partial charge in [0.15, 0.2) is 0 Å². The summed E-state index contributed by atoms with van der Waals surface area (Å²) in [4.78, 5) is 40.6. The third kappa shape index (κ3) is 21.4. The molecule has 8 nitrogen and oxygen atoms in total. The summed E-state index contributed by atoms with van der Waals surface area (Å²) in [5.74, 6) is -2.49. The maximum atomic E-state index is 10.4. The first-order valence-corrected chi connectivity index (χ1v) is 15.2. The van der Waals surface area contributed by atoms with Crippen LogP contribution in [-0.2, 0) is 37.5 Å². The average Bonchev–Trinajstić information content (AvgIpc) is 2.85. The summed E-state index contributed by atoms with van der Waals surface area (Å²) < 4.78 is 11.3. The molecule has 0 fully saturated rings. The molecule has 0 spiro atoms. The SMILES string of the molecule is COC(=O)CCCC(=O)O.COC(=O)CCCC(=O)O.c1ccc([CH2][Sn][CH2]c2ccccc2)cc1. The summed E-state index contributed by atoms with van der Waals surface area (Å²) in [6, 6.07) is 21.7. The molecule has 0 aliphatic carbocycles. The Labute approximate surface area is 216 Å². The second-order valence-corrected chi connectivity index (χ2v) is 10.7. The summed E-state index contributed by atoms with van der Waals surface area (Å²) >= 11 is -0.258. The van der Waals surface area contributed by atoms with Gasteiger partial charge in [0.25, 0.3) is 0 Å². The predicted molar refractivity (Wildman–Crippen MR) is 133 cm³/mol.